The van der Waals surface area contributed by atoms with Crippen LogP contribution >= 0.6 is 0 Å². The molecule has 0 radical (unpaired) electrons. The number of carbonyl (C=O) groups is 4. The summed E-state index contributed by atoms with van der Waals surface area (Å²) in [7, 11) is 0. The number of carboxylic acids is 1. The number of aliphatic hydroxyl groups excluding tert-OH is 2. The summed E-state index contributed by atoms with van der Waals surface area (Å²) >= 11 is 0. The number of aliphatic hydroxyl groups is 2. The fourth-order valence-electron chi connectivity index (χ4n) is 3.06. The number of hydrogen-bond donors (Lipinski definition) is 9. The molecule has 0 saturated carbocycles. The van der Waals surface area contributed by atoms with Crippen molar-refractivity contribution in [2.75, 3.05) is 6.54 Å². The van der Waals surface area contributed by atoms with Crippen LogP contribution in [0.25, 0.3) is 0 Å². The van der Waals surface area contributed by atoms with Gasteiger partial charge in [0.1, 0.15) is 12.1 Å². The smallest absolute Gasteiger partial charge is 0.328 e. The number of nitrogens with two attached hydrogens (primary N) is 2. The number of amides is 3. The molecule has 0 bridgehead atoms. The van der Waals surface area contributed by atoms with Crippen molar-refractivity contribution in [3.63, 3.8) is 0 Å². The fraction of sp³-hybridized carbons (Fsp3) is 0.650. The van der Waals surface area contributed by atoms with Crippen LogP contribution in [0.3, 0.4) is 0 Å². The maximum Gasteiger partial charge on any atom is 0.328 e. The number of carbonyl (C=O) groups excluding carboxylic acids is 3. The van der Waals surface area contributed by atoms with Gasteiger partial charge in [-0.1, -0.05) is 0 Å². The lowest BCUT2D eigenvalue weighted by Crippen LogP contribution is -2.61. The number of aromatic amines is 1. The Kier molecular flexibility index (Phi) is 12.1. The van der Waals surface area contributed by atoms with E-state index >= 15 is 0 Å². The quantitative estimate of drug-likeness (QED) is 0.112. The average Bonchev–Trinajstić information content (AvgIpc) is 3.26. The Morgan fingerprint density at radius 3 is 2.12 bits per heavy atom. The van der Waals surface area contributed by atoms with E-state index in [4.69, 9.17) is 16.6 Å². The van der Waals surface area contributed by atoms with Crippen molar-refractivity contribution >= 4 is 23.7 Å². The number of H-pyrrole nitrogens is 1. The highest BCUT2D eigenvalue weighted by Gasteiger charge is 2.34. The second kappa shape index (κ2) is 14.2. The highest BCUT2D eigenvalue weighted by atomic mass is 16.4. The lowest BCUT2D eigenvalue weighted by molar-refractivity contribution is -0.146. The summed E-state index contributed by atoms with van der Waals surface area (Å²) in [6.07, 6.45) is 1.53. The Morgan fingerprint density at radius 1 is 1.00 bits per heavy atom. The first kappa shape index (κ1) is 29.0. The van der Waals surface area contributed by atoms with Crippen molar-refractivity contribution < 1.29 is 34.5 Å². The SMILES string of the molecule is CC(O)C(NC(=O)C(NC(=O)C(CCCCN)NC(=O)C(N)Cc1cnc[nH]1)C(C)O)C(=O)O. The third kappa shape index (κ3) is 9.43. The average molecular weight is 486 g/mol. The van der Waals surface area contributed by atoms with Gasteiger partial charge in [-0.05, 0) is 39.7 Å². The monoisotopic (exact) mass is 485 g/mol. The maximum absolute atomic E-state index is 12.9. The molecular formula is C20H35N7O7. The van der Waals surface area contributed by atoms with Crippen LogP contribution in [0, 0.1) is 0 Å². The first-order valence-electron chi connectivity index (χ1n) is 10.9. The molecule has 1 rings (SSSR count). The van der Waals surface area contributed by atoms with Gasteiger partial charge < -0.3 is 47.7 Å². The first-order chi connectivity index (χ1) is 16.0. The molecule has 0 aromatic carbocycles. The van der Waals surface area contributed by atoms with Crippen molar-refractivity contribution in [3.8, 4) is 0 Å². The molecule has 14 heteroatoms. The van der Waals surface area contributed by atoms with E-state index in [1.807, 2.05) is 0 Å². The van der Waals surface area contributed by atoms with Gasteiger partial charge in [-0.3, -0.25) is 14.4 Å². The molecule has 6 unspecified atom stereocenters. The molecule has 0 aliphatic rings. The number of imidazole rings is 1. The van der Waals surface area contributed by atoms with Crippen molar-refractivity contribution in [1.82, 2.24) is 25.9 Å². The Bertz CT molecular complexity index is 801. The van der Waals surface area contributed by atoms with Crippen LogP contribution in [0.5, 0.6) is 0 Å². The van der Waals surface area contributed by atoms with Gasteiger partial charge in [-0.25, -0.2) is 9.78 Å². The minimum atomic E-state index is -1.65. The van der Waals surface area contributed by atoms with Gasteiger partial charge in [0.2, 0.25) is 17.7 Å². The highest BCUT2D eigenvalue weighted by Crippen LogP contribution is 2.05. The number of nitrogens with zero attached hydrogens (tertiary/aromatic N) is 1. The molecule has 1 aromatic heterocycles. The van der Waals surface area contributed by atoms with Crippen LogP contribution in [0.1, 0.15) is 38.8 Å². The van der Waals surface area contributed by atoms with E-state index in [1.165, 1.54) is 26.4 Å². The maximum atomic E-state index is 12.9. The zero-order valence-electron chi connectivity index (χ0n) is 19.2. The predicted molar refractivity (Wildman–Crippen MR) is 120 cm³/mol. The third-order valence-corrected chi connectivity index (χ3v) is 5.02. The van der Waals surface area contributed by atoms with E-state index in [0.29, 0.717) is 25.1 Å². The molecule has 0 aliphatic carbocycles. The van der Waals surface area contributed by atoms with Gasteiger partial charge >= 0.3 is 5.97 Å². The van der Waals surface area contributed by atoms with Gasteiger partial charge in [0, 0.05) is 18.3 Å². The molecule has 0 saturated heterocycles. The third-order valence-electron chi connectivity index (χ3n) is 5.02. The molecule has 192 valence electrons. The number of aliphatic carboxylic acids is 1. The Labute approximate surface area is 196 Å². The number of rotatable bonds is 15. The van der Waals surface area contributed by atoms with Gasteiger partial charge in [-0.15, -0.1) is 0 Å². The van der Waals surface area contributed by atoms with E-state index in [9.17, 15) is 29.4 Å². The normalized spacial score (nSPS) is 16.4. The summed E-state index contributed by atoms with van der Waals surface area (Å²) in [4.78, 5) is 55.9. The van der Waals surface area contributed by atoms with Gasteiger partial charge in [-0.2, -0.15) is 0 Å². The molecular weight excluding hydrogens is 450 g/mol. The molecule has 0 aliphatic heterocycles. The van der Waals surface area contributed by atoms with Crippen LogP contribution in [-0.2, 0) is 25.6 Å². The topological polar surface area (TPSA) is 246 Å². The van der Waals surface area contributed by atoms with Crippen LogP contribution < -0.4 is 27.4 Å². The van der Waals surface area contributed by atoms with Gasteiger partial charge in [0.15, 0.2) is 6.04 Å². The predicted octanol–water partition coefficient (Wildman–Crippen LogP) is -3.29. The molecule has 3 amide bonds. The molecule has 14 nitrogen and oxygen atoms in total. The number of carboxylic acid groups (broad SMARTS) is 1. The minimum Gasteiger partial charge on any atom is -0.480 e. The fourth-order valence-corrected chi connectivity index (χ4v) is 3.06. The molecule has 1 aromatic rings. The van der Waals surface area contributed by atoms with E-state index in [-0.39, 0.29) is 12.8 Å². The summed E-state index contributed by atoms with van der Waals surface area (Å²) in [5.74, 6) is -3.89. The summed E-state index contributed by atoms with van der Waals surface area (Å²) in [6.45, 7) is 2.77. The second-order valence-corrected chi connectivity index (χ2v) is 8.03. The van der Waals surface area contributed by atoms with Crippen molar-refractivity contribution in [3.05, 3.63) is 18.2 Å². The molecule has 1 heterocycles. The largest absolute Gasteiger partial charge is 0.480 e. The number of aromatic nitrogens is 2. The zero-order chi connectivity index (χ0) is 25.8. The van der Waals surface area contributed by atoms with E-state index in [1.54, 1.807) is 0 Å². The lowest BCUT2D eigenvalue weighted by Gasteiger charge is -2.27. The van der Waals surface area contributed by atoms with Crippen LogP contribution in [0.15, 0.2) is 12.5 Å². The Morgan fingerprint density at radius 2 is 1.62 bits per heavy atom. The second-order valence-electron chi connectivity index (χ2n) is 8.03. The number of hydrogen-bond acceptors (Lipinski definition) is 9. The summed E-state index contributed by atoms with van der Waals surface area (Å²) in [5, 5.41) is 35.7. The lowest BCUT2D eigenvalue weighted by atomic mass is 10.0. The van der Waals surface area contributed by atoms with Crippen LogP contribution in [0.2, 0.25) is 0 Å². The van der Waals surface area contributed by atoms with Gasteiger partial charge in [0.25, 0.3) is 0 Å². The first-order valence-corrected chi connectivity index (χ1v) is 10.9. The van der Waals surface area contributed by atoms with E-state index in [0.717, 1.165) is 0 Å². The summed E-state index contributed by atoms with van der Waals surface area (Å²) in [6, 6.07) is -5.26. The van der Waals surface area contributed by atoms with Crippen molar-refractivity contribution in [2.45, 2.75) is 75.9 Å². The van der Waals surface area contributed by atoms with Crippen LogP contribution in [0.4, 0.5) is 0 Å². The van der Waals surface area contributed by atoms with E-state index < -0.39 is 60.1 Å². The highest BCUT2D eigenvalue weighted by molar-refractivity contribution is 5.94. The van der Waals surface area contributed by atoms with E-state index in [2.05, 4.69) is 25.9 Å². The Balaban J connectivity index is 2.91. The molecule has 0 fully saturated rings. The standard InChI is InChI=1S/C20H35N7O7/c1-10(28)15(19(32)27-16(11(2)29)20(33)34)26-18(31)14(5-3-4-6-21)25-17(30)13(22)7-12-8-23-9-24-12/h8-11,13-16,28-29H,3-7,21-22H2,1-2H3,(H,23,24)(H,25,30)(H,26,31)(H,27,32)(H,33,34). The zero-order valence-corrected chi connectivity index (χ0v) is 19.2. The molecule has 11 N–H and O–H groups in total. The Hall–Kier alpha value is -3.07. The number of unbranched alkanes of at least 4 members (excludes halogenated alkanes) is 1. The molecule has 0 spiro atoms. The van der Waals surface area contributed by atoms with Crippen LogP contribution in [-0.4, -0.2) is 91.9 Å². The number of nitrogens with one attached hydrogen (secondary N) is 4. The molecule has 6 atom stereocenters. The van der Waals surface area contributed by atoms with Crippen molar-refractivity contribution in [1.29, 1.82) is 0 Å². The summed E-state index contributed by atoms with van der Waals surface area (Å²) < 4.78 is 0. The van der Waals surface area contributed by atoms with Crippen molar-refractivity contribution in [2.24, 2.45) is 11.5 Å². The summed E-state index contributed by atoms with van der Waals surface area (Å²) in [5.41, 5.74) is 12.1. The molecule has 34 heavy (non-hydrogen) atoms. The minimum absolute atomic E-state index is 0.150. The van der Waals surface area contributed by atoms with Gasteiger partial charge in [0.05, 0.1) is 24.6 Å².